The van der Waals surface area contributed by atoms with Crippen LogP contribution in [0.5, 0.6) is 0 Å². The Labute approximate surface area is 147 Å². The quantitative estimate of drug-likeness (QED) is 0.807. The van der Waals surface area contributed by atoms with E-state index in [0.29, 0.717) is 12.8 Å². The number of H-pyrrole nitrogens is 1. The van der Waals surface area contributed by atoms with Crippen molar-refractivity contribution in [1.82, 2.24) is 10.3 Å². The molecule has 0 aliphatic carbocycles. The molecule has 0 saturated carbocycles. The highest BCUT2D eigenvalue weighted by atomic mass is 16.6. The SMILES string of the molecule is COC[C@H](NC(=O)OC(C)(C)C)C(=O)CCc1cccc2[nH]ccc12. The number of benzene rings is 1. The Bertz CT molecular complexity index is 730. The molecule has 0 spiro atoms. The molecular formula is C19H26N2O4. The third-order valence-electron chi connectivity index (χ3n) is 3.74. The number of nitrogens with one attached hydrogen (secondary N) is 2. The smallest absolute Gasteiger partial charge is 0.408 e. The summed E-state index contributed by atoms with van der Waals surface area (Å²) in [7, 11) is 1.50. The minimum atomic E-state index is -0.717. The molecule has 0 fully saturated rings. The fraction of sp³-hybridized carbons (Fsp3) is 0.474. The Hall–Kier alpha value is -2.34. The fourth-order valence-electron chi connectivity index (χ4n) is 2.63. The maximum atomic E-state index is 12.5. The van der Waals surface area contributed by atoms with Crippen LogP contribution in [0.4, 0.5) is 4.79 Å². The van der Waals surface area contributed by atoms with Gasteiger partial charge in [-0.3, -0.25) is 4.79 Å². The van der Waals surface area contributed by atoms with E-state index in [1.54, 1.807) is 20.8 Å². The third-order valence-corrected chi connectivity index (χ3v) is 3.74. The van der Waals surface area contributed by atoms with E-state index in [4.69, 9.17) is 9.47 Å². The molecule has 0 unspecified atom stereocenters. The highest BCUT2D eigenvalue weighted by Gasteiger charge is 2.24. The second-order valence-corrected chi connectivity index (χ2v) is 6.98. The lowest BCUT2D eigenvalue weighted by molar-refractivity contribution is -0.122. The molecular weight excluding hydrogens is 320 g/mol. The molecule has 0 bridgehead atoms. The first kappa shape index (κ1) is 19.0. The van der Waals surface area contributed by atoms with Crippen molar-refractivity contribution in [1.29, 1.82) is 0 Å². The monoisotopic (exact) mass is 346 g/mol. The van der Waals surface area contributed by atoms with Crippen molar-refractivity contribution >= 4 is 22.8 Å². The van der Waals surface area contributed by atoms with Gasteiger partial charge < -0.3 is 19.8 Å². The minimum absolute atomic E-state index is 0.0831. The van der Waals surface area contributed by atoms with Crippen LogP contribution in [0, 0.1) is 0 Å². The third kappa shape index (κ3) is 5.60. The number of aromatic nitrogens is 1. The summed E-state index contributed by atoms with van der Waals surface area (Å²) in [4.78, 5) is 27.6. The van der Waals surface area contributed by atoms with Gasteiger partial charge in [-0.2, -0.15) is 0 Å². The summed E-state index contributed by atoms with van der Waals surface area (Å²) in [5.41, 5.74) is 1.53. The summed E-state index contributed by atoms with van der Waals surface area (Å²) in [6.07, 6.45) is 2.18. The summed E-state index contributed by atoms with van der Waals surface area (Å²) < 4.78 is 10.3. The van der Waals surface area contributed by atoms with Gasteiger partial charge in [0.15, 0.2) is 5.78 Å². The highest BCUT2D eigenvalue weighted by molar-refractivity contribution is 5.89. The van der Waals surface area contributed by atoms with E-state index >= 15 is 0 Å². The molecule has 1 aromatic carbocycles. The molecule has 2 rings (SSSR count). The van der Waals surface area contributed by atoms with Crippen molar-refractivity contribution in [3.8, 4) is 0 Å². The summed E-state index contributed by atoms with van der Waals surface area (Å²) in [6, 6.07) is 7.25. The number of aryl methyl sites for hydroxylation is 1. The number of hydrogen-bond donors (Lipinski definition) is 2. The molecule has 0 radical (unpaired) electrons. The molecule has 2 aromatic rings. The molecule has 6 nitrogen and oxygen atoms in total. The number of aromatic amines is 1. The number of fused-ring (bicyclic) bond motifs is 1. The number of hydrogen-bond acceptors (Lipinski definition) is 4. The molecule has 1 atom stereocenters. The lowest BCUT2D eigenvalue weighted by Crippen LogP contribution is -2.46. The molecule has 6 heteroatoms. The van der Waals surface area contributed by atoms with Gasteiger partial charge in [-0.1, -0.05) is 12.1 Å². The highest BCUT2D eigenvalue weighted by Crippen LogP contribution is 2.19. The number of methoxy groups -OCH3 is 1. The van der Waals surface area contributed by atoms with Gasteiger partial charge in [-0.15, -0.1) is 0 Å². The summed E-state index contributed by atoms with van der Waals surface area (Å²) >= 11 is 0. The lowest BCUT2D eigenvalue weighted by Gasteiger charge is -2.22. The Morgan fingerprint density at radius 2 is 2.00 bits per heavy atom. The van der Waals surface area contributed by atoms with Crippen LogP contribution in [0.3, 0.4) is 0 Å². The first-order chi connectivity index (χ1) is 11.8. The average Bonchev–Trinajstić information content (AvgIpc) is 2.99. The largest absolute Gasteiger partial charge is 0.444 e. The van der Waals surface area contributed by atoms with E-state index in [0.717, 1.165) is 16.5 Å². The van der Waals surface area contributed by atoms with E-state index in [9.17, 15) is 9.59 Å². The van der Waals surface area contributed by atoms with Crippen LogP contribution in [-0.2, 0) is 20.7 Å². The number of rotatable bonds is 7. The number of ketones is 1. The van der Waals surface area contributed by atoms with Gasteiger partial charge >= 0.3 is 6.09 Å². The zero-order chi connectivity index (χ0) is 18.4. The van der Waals surface area contributed by atoms with Crippen molar-refractivity contribution in [2.75, 3.05) is 13.7 Å². The van der Waals surface area contributed by atoms with Crippen molar-refractivity contribution in [2.45, 2.75) is 45.3 Å². The van der Waals surface area contributed by atoms with E-state index in [-0.39, 0.29) is 12.4 Å². The predicted molar refractivity (Wildman–Crippen MR) is 96.7 cm³/mol. The average molecular weight is 346 g/mol. The van der Waals surface area contributed by atoms with Gasteiger partial charge in [0.2, 0.25) is 0 Å². The minimum Gasteiger partial charge on any atom is -0.444 e. The van der Waals surface area contributed by atoms with Crippen LogP contribution < -0.4 is 5.32 Å². The number of ether oxygens (including phenoxy) is 2. The molecule has 136 valence electrons. The molecule has 1 heterocycles. The number of Topliss-reactive ketones (excluding diaryl/α,β-unsaturated/α-hetero) is 1. The molecule has 0 saturated heterocycles. The van der Waals surface area contributed by atoms with Crippen molar-refractivity contribution in [3.05, 3.63) is 36.0 Å². The van der Waals surface area contributed by atoms with E-state index in [1.165, 1.54) is 7.11 Å². The van der Waals surface area contributed by atoms with Gasteiger partial charge in [0.25, 0.3) is 0 Å². The van der Waals surface area contributed by atoms with Crippen molar-refractivity contribution < 1.29 is 19.1 Å². The maximum Gasteiger partial charge on any atom is 0.408 e. The van der Waals surface area contributed by atoms with E-state index in [2.05, 4.69) is 10.3 Å². The van der Waals surface area contributed by atoms with E-state index in [1.807, 2.05) is 30.5 Å². The van der Waals surface area contributed by atoms with Crippen LogP contribution in [-0.4, -0.2) is 42.2 Å². The lowest BCUT2D eigenvalue weighted by atomic mass is 10.0. The normalized spacial score (nSPS) is 12.8. The van der Waals surface area contributed by atoms with Gasteiger partial charge in [0.1, 0.15) is 11.6 Å². The summed E-state index contributed by atoms with van der Waals surface area (Å²) in [5, 5.41) is 3.71. The molecule has 0 aliphatic rings. The van der Waals surface area contributed by atoms with Gasteiger partial charge in [0, 0.05) is 30.6 Å². The zero-order valence-corrected chi connectivity index (χ0v) is 15.2. The van der Waals surface area contributed by atoms with E-state index < -0.39 is 17.7 Å². The first-order valence-corrected chi connectivity index (χ1v) is 8.36. The molecule has 0 aliphatic heterocycles. The molecule has 1 amide bonds. The van der Waals surface area contributed by atoms with Crippen LogP contribution in [0.15, 0.2) is 30.5 Å². The summed E-state index contributed by atoms with van der Waals surface area (Å²) in [5.74, 6) is -0.0831. The number of amides is 1. The van der Waals surface area contributed by atoms with Gasteiger partial charge in [-0.05, 0) is 44.9 Å². The second kappa shape index (κ2) is 8.16. The number of alkyl carbamates (subject to hydrolysis) is 1. The second-order valence-electron chi connectivity index (χ2n) is 6.98. The predicted octanol–water partition coefficient (Wildman–Crippen LogP) is 3.21. The van der Waals surface area contributed by atoms with Gasteiger partial charge in [-0.25, -0.2) is 4.79 Å². The Morgan fingerprint density at radius 1 is 1.24 bits per heavy atom. The van der Waals surface area contributed by atoms with Crippen molar-refractivity contribution in [3.63, 3.8) is 0 Å². The fourth-order valence-corrected chi connectivity index (χ4v) is 2.63. The Balaban J connectivity index is 1.98. The van der Waals surface area contributed by atoms with Crippen LogP contribution in [0.2, 0.25) is 0 Å². The molecule has 2 N–H and O–H groups in total. The topological polar surface area (TPSA) is 80.4 Å². The Morgan fingerprint density at radius 3 is 2.68 bits per heavy atom. The summed E-state index contributed by atoms with van der Waals surface area (Å²) in [6.45, 7) is 5.44. The molecule has 25 heavy (non-hydrogen) atoms. The van der Waals surface area contributed by atoms with Crippen molar-refractivity contribution in [2.24, 2.45) is 0 Å². The number of carbonyl (C=O) groups is 2. The first-order valence-electron chi connectivity index (χ1n) is 8.36. The van der Waals surface area contributed by atoms with Crippen LogP contribution in [0.25, 0.3) is 10.9 Å². The van der Waals surface area contributed by atoms with Gasteiger partial charge in [0.05, 0.1) is 6.61 Å². The molecule has 1 aromatic heterocycles. The Kier molecular flexibility index (Phi) is 6.20. The standard InChI is InChI=1S/C19H26N2O4/c1-19(2,3)25-18(23)21-16(12-24-4)17(22)9-8-13-6-5-7-15-14(13)10-11-20-15/h5-7,10-11,16,20H,8-9,12H2,1-4H3,(H,21,23)/t16-/m0/s1. The zero-order valence-electron chi connectivity index (χ0n) is 15.2. The maximum absolute atomic E-state index is 12.5. The van der Waals surface area contributed by atoms with Crippen LogP contribution in [0.1, 0.15) is 32.8 Å². The van der Waals surface area contributed by atoms with Crippen LogP contribution >= 0.6 is 0 Å². The number of carbonyl (C=O) groups excluding carboxylic acids is 2.